The molecule has 1 aliphatic carbocycles. The molecule has 0 N–H and O–H groups in total. The summed E-state index contributed by atoms with van der Waals surface area (Å²) < 4.78 is 1.77. The second kappa shape index (κ2) is 16.2. The molecule has 0 heterocycles. The van der Waals surface area contributed by atoms with E-state index in [1.54, 1.807) is 25.0 Å². The Morgan fingerprint density at radius 3 is 1.48 bits per heavy atom. The summed E-state index contributed by atoms with van der Waals surface area (Å²) in [7, 11) is 0. The summed E-state index contributed by atoms with van der Waals surface area (Å²) in [6, 6.07) is 23.0. The fraction of sp³-hybridized carbons (Fsp3) is 0.436. The van der Waals surface area contributed by atoms with E-state index >= 15 is 0 Å². The van der Waals surface area contributed by atoms with Crippen molar-refractivity contribution in [3.63, 3.8) is 0 Å². The van der Waals surface area contributed by atoms with Crippen LogP contribution in [0.1, 0.15) is 109 Å². The Hall–Kier alpha value is -1.06. The molecule has 0 fully saturated rings. The monoisotopic (exact) mass is 704 g/mol. The summed E-state index contributed by atoms with van der Waals surface area (Å²) >= 11 is -0.517. The van der Waals surface area contributed by atoms with E-state index in [1.165, 1.54) is 33.4 Å². The summed E-state index contributed by atoms with van der Waals surface area (Å²) in [5.74, 6) is -2.40. The van der Waals surface area contributed by atoms with E-state index in [0.717, 1.165) is 25.7 Å². The van der Waals surface area contributed by atoms with Crippen LogP contribution in [0.3, 0.4) is 0 Å². The van der Waals surface area contributed by atoms with Crippen LogP contribution >= 0.6 is 37.2 Å². The summed E-state index contributed by atoms with van der Waals surface area (Å²) in [5, 5.41) is 4.88. The van der Waals surface area contributed by atoms with Crippen molar-refractivity contribution in [2.24, 2.45) is 0 Å². The van der Waals surface area contributed by atoms with E-state index in [1.807, 2.05) is 0 Å². The molecule has 240 valence electrons. The average Bonchev–Trinajstić information content (AvgIpc) is 3.36. The SMILES string of the molecule is CCC1=[C]([Ti][Si](c2cc(C)cc(C)c2)(c2cc(CC)cc(CC)c2)c2cc(C(C)(C)C)cc(C(C)(C)C)c2)CC=C1.Cl.Cl.Cl. The molecule has 4 rings (SSSR count). The Labute approximate surface area is 297 Å². The molecule has 3 aromatic carbocycles. The van der Waals surface area contributed by atoms with Gasteiger partial charge in [0.2, 0.25) is 0 Å². The average molecular weight is 706 g/mol. The van der Waals surface area contributed by atoms with Crippen molar-refractivity contribution in [2.45, 2.75) is 113 Å². The summed E-state index contributed by atoms with van der Waals surface area (Å²) in [6.07, 6.45) is 9.31. The molecule has 0 aliphatic heterocycles. The van der Waals surface area contributed by atoms with Gasteiger partial charge in [0.25, 0.3) is 0 Å². The summed E-state index contributed by atoms with van der Waals surface area (Å²) in [5.41, 5.74) is 10.5. The van der Waals surface area contributed by atoms with Crippen LogP contribution in [0.15, 0.2) is 76.2 Å². The Morgan fingerprint density at radius 1 is 0.591 bits per heavy atom. The maximum atomic E-state index is 2.65. The first-order valence-electron chi connectivity index (χ1n) is 15.8. The largest absolute Gasteiger partial charge is 0.147 e. The molecule has 0 amide bonds. The predicted molar refractivity (Wildman–Crippen MR) is 202 cm³/mol. The number of hydrogen-bond acceptors (Lipinski definition) is 0. The van der Waals surface area contributed by atoms with Crippen molar-refractivity contribution < 1.29 is 18.4 Å². The Balaban J connectivity index is 0.00000323. The van der Waals surface area contributed by atoms with Crippen LogP contribution in [0.5, 0.6) is 0 Å². The number of hydrogen-bond donors (Lipinski definition) is 0. The Bertz CT molecular complexity index is 1420. The minimum Gasteiger partial charge on any atom is -0.147 e. The summed E-state index contributed by atoms with van der Waals surface area (Å²) in [6.45, 7) is 25.9. The Kier molecular flexibility index (Phi) is 15.1. The van der Waals surface area contributed by atoms with Crippen LogP contribution in [0.2, 0.25) is 0 Å². The van der Waals surface area contributed by atoms with Crippen molar-refractivity contribution in [1.29, 1.82) is 0 Å². The molecule has 0 aromatic heterocycles. The number of halogens is 3. The fourth-order valence-electron chi connectivity index (χ4n) is 6.24. The third-order valence-electron chi connectivity index (χ3n) is 8.80. The number of rotatable bonds is 8. The van der Waals surface area contributed by atoms with Gasteiger partial charge in [0, 0.05) is 0 Å². The fourth-order valence-corrected chi connectivity index (χ4v) is 18.8. The maximum absolute atomic E-state index is 2.65. The van der Waals surface area contributed by atoms with Crippen LogP contribution in [0.25, 0.3) is 0 Å². The normalized spacial score (nSPS) is 14.3. The number of allylic oxidation sites excluding steroid dienone is 4. The van der Waals surface area contributed by atoms with E-state index in [2.05, 4.69) is 143 Å². The van der Waals surface area contributed by atoms with Gasteiger partial charge >= 0.3 is 262 Å². The minimum atomic E-state index is -2.40. The molecular formula is C39H55Cl3SiTi. The zero-order chi connectivity index (χ0) is 30.2. The third-order valence-corrected chi connectivity index (χ3v) is 21.0. The van der Waals surface area contributed by atoms with E-state index in [4.69, 9.17) is 0 Å². The third kappa shape index (κ3) is 8.84. The maximum Gasteiger partial charge on any atom is -0.147 e. The Morgan fingerprint density at radius 2 is 1.05 bits per heavy atom. The topological polar surface area (TPSA) is 0 Å². The van der Waals surface area contributed by atoms with E-state index in [-0.39, 0.29) is 48.1 Å². The first kappa shape index (κ1) is 41.0. The first-order chi connectivity index (χ1) is 19.2. The molecular weight excluding hydrogens is 651 g/mol. The molecule has 1 atom stereocenters. The van der Waals surface area contributed by atoms with Crippen molar-refractivity contribution in [3.8, 4) is 0 Å². The van der Waals surface area contributed by atoms with Gasteiger partial charge in [-0.25, -0.2) is 0 Å². The van der Waals surface area contributed by atoms with Crippen LogP contribution in [0, 0.1) is 13.8 Å². The molecule has 0 saturated carbocycles. The quantitative estimate of drug-likeness (QED) is 0.162. The standard InChI is InChI=1S/C32H43Si.C7H9.3ClH.Ti/c1-11-24-16-25(12-2)18-29(17-24)33(28-14-22(3)13-23(4)15-28)30-20-26(31(5,6)7)19-27(21-30)32(8,9)10;1-2-7-5-3-4-6-7;;;;/h13-21H,11-12H2,1-10H3;3,5H,2,4H2,1H3;3*1H;. The van der Waals surface area contributed by atoms with Gasteiger partial charge in [0.15, 0.2) is 0 Å². The molecule has 5 heteroatoms. The first-order valence-corrected chi connectivity index (χ1v) is 20.9. The molecule has 1 aliphatic rings. The zero-order valence-corrected chi connectivity index (χ0v) is 33.9. The van der Waals surface area contributed by atoms with Crippen LogP contribution < -0.4 is 15.6 Å². The molecule has 0 saturated heterocycles. The van der Waals surface area contributed by atoms with Crippen molar-refractivity contribution in [3.05, 3.63) is 110 Å². The molecule has 0 spiro atoms. The second-order valence-corrected chi connectivity index (χ2v) is 23.4. The van der Waals surface area contributed by atoms with Gasteiger partial charge in [-0.2, -0.15) is 0 Å². The van der Waals surface area contributed by atoms with Crippen LogP contribution in [-0.4, -0.2) is 5.94 Å². The van der Waals surface area contributed by atoms with Gasteiger partial charge in [-0.1, -0.05) is 0 Å². The molecule has 3 aromatic rings. The zero-order valence-electron chi connectivity index (χ0n) is 28.9. The van der Waals surface area contributed by atoms with Crippen molar-refractivity contribution >= 4 is 58.7 Å². The van der Waals surface area contributed by atoms with Gasteiger partial charge in [-0.3, -0.25) is 0 Å². The van der Waals surface area contributed by atoms with Gasteiger partial charge in [-0.15, -0.1) is 37.2 Å². The van der Waals surface area contributed by atoms with Crippen LogP contribution in [0.4, 0.5) is 0 Å². The van der Waals surface area contributed by atoms with E-state index in [9.17, 15) is 0 Å². The summed E-state index contributed by atoms with van der Waals surface area (Å²) in [4.78, 5) is 0. The van der Waals surface area contributed by atoms with Gasteiger partial charge < -0.3 is 0 Å². The molecule has 0 nitrogen and oxygen atoms in total. The van der Waals surface area contributed by atoms with Gasteiger partial charge in [0.1, 0.15) is 0 Å². The smallest absolute Gasteiger partial charge is 0.147 e. The molecule has 0 radical (unpaired) electrons. The number of aryl methyl sites for hydroxylation is 4. The molecule has 44 heavy (non-hydrogen) atoms. The van der Waals surface area contributed by atoms with Gasteiger partial charge in [-0.05, 0) is 0 Å². The number of benzene rings is 3. The molecule has 1 unspecified atom stereocenters. The van der Waals surface area contributed by atoms with E-state index in [0.29, 0.717) is 0 Å². The van der Waals surface area contributed by atoms with Gasteiger partial charge in [0.05, 0.1) is 0 Å². The van der Waals surface area contributed by atoms with E-state index < -0.39 is 24.3 Å². The van der Waals surface area contributed by atoms with Crippen molar-refractivity contribution in [1.82, 2.24) is 0 Å². The second-order valence-electron chi connectivity index (χ2n) is 14.3. The van der Waals surface area contributed by atoms with Crippen LogP contribution in [-0.2, 0) is 42.1 Å². The molecule has 0 bridgehead atoms. The van der Waals surface area contributed by atoms with Crippen molar-refractivity contribution in [2.75, 3.05) is 0 Å². The minimum absolute atomic E-state index is 0. The predicted octanol–water partition coefficient (Wildman–Crippen LogP) is 9.96.